The second-order valence-corrected chi connectivity index (χ2v) is 4.74. The minimum atomic E-state index is 0.524. The smallest absolute Gasteiger partial charge is 0.104 e. The lowest BCUT2D eigenvalue weighted by molar-refractivity contribution is 0.645. The Hall–Kier alpha value is -1.51. The number of hydrogen-bond donors (Lipinski definition) is 2. The van der Waals surface area contributed by atoms with Gasteiger partial charge in [0.1, 0.15) is 5.82 Å². The van der Waals surface area contributed by atoms with E-state index in [1.54, 1.807) is 0 Å². The van der Waals surface area contributed by atoms with Crippen LogP contribution < -0.4 is 5.32 Å². The Balaban J connectivity index is 2.08. The number of imidazole rings is 1. The maximum atomic E-state index is 4.40. The van der Waals surface area contributed by atoms with E-state index in [1.165, 1.54) is 24.9 Å². The SMILES string of the molecule is CCCCC(C)Nc1ccc2nc(C)[nH]c2c1. The average Bonchev–Trinajstić information content (AvgIpc) is 2.65. The third kappa shape index (κ3) is 2.99. The monoisotopic (exact) mass is 231 g/mol. The summed E-state index contributed by atoms with van der Waals surface area (Å²) in [7, 11) is 0. The Labute approximate surface area is 103 Å². The zero-order valence-corrected chi connectivity index (χ0v) is 10.9. The molecule has 2 N–H and O–H groups in total. The van der Waals surface area contributed by atoms with Crippen molar-refractivity contribution >= 4 is 16.7 Å². The summed E-state index contributed by atoms with van der Waals surface area (Å²) in [5.41, 5.74) is 3.31. The standard InChI is InChI=1S/C14H21N3/c1-4-5-6-10(2)15-12-7-8-13-14(9-12)17-11(3)16-13/h7-10,15H,4-6H2,1-3H3,(H,16,17). The highest BCUT2D eigenvalue weighted by Gasteiger charge is 2.04. The molecule has 0 fully saturated rings. The van der Waals surface area contributed by atoms with Crippen molar-refractivity contribution in [3.8, 4) is 0 Å². The highest BCUT2D eigenvalue weighted by molar-refractivity contribution is 5.79. The summed E-state index contributed by atoms with van der Waals surface area (Å²) in [6, 6.07) is 6.83. The quantitative estimate of drug-likeness (QED) is 0.820. The van der Waals surface area contributed by atoms with Crippen molar-refractivity contribution in [3.63, 3.8) is 0 Å². The number of unbranched alkanes of at least 4 members (excludes halogenated alkanes) is 1. The fraction of sp³-hybridized carbons (Fsp3) is 0.500. The maximum absolute atomic E-state index is 4.40. The van der Waals surface area contributed by atoms with E-state index in [2.05, 4.69) is 47.3 Å². The second kappa shape index (κ2) is 5.21. The minimum Gasteiger partial charge on any atom is -0.383 e. The summed E-state index contributed by atoms with van der Waals surface area (Å²) in [4.78, 5) is 7.66. The molecule has 3 heteroatoms. The summed E-state index contributed by atoms with van der Waals surface area (Å²) in [6.45, 7) is 6.45. The first kappa shape index (κ1) is 12.0. The predicted octanol–water partition coefficient (Wildman–Crippen LogP) is 3.86. The third-order valence-electron chi connectivity index (χ3n) is 3.00. The summed E-state index contributed by atoms with van der Waals surface area (Å²) in [6.07, 6.45) is 3.75. The van der Waals surface area contributed by atoms with Gasteiger partial charge < -0.3 is 10.3 Å². The van der Waals surface area contributed by atoms with Crippen LogP contribution in [-0.2, 0) is 0 Å². The highest BCUT2D eigenvalue weighted by atomic mass is 14.9. The summed E-state index contributed by atoms with van der Waals surface area (Å²) in [5, 5.41) is 3.53. The number of anilines is 1. The molecule has 2 rings (SSSR count). The van der Waals surface area contributed by atoms with Crippen molar-refractivity contribution in [1.29, 1.82) is 0 Å². The number of aromatic amines is 1. The molecule has 92 valence electrons. The predicted molar refractivity (Wildman–Crippen MR) is 73.4 cm³/mol. The van der Waals surface area contributed by atoms with Gasteiger partial charge in [-0.1, -0.05) is 19.8 Å². The van der Waals surface area contributed by atoms with Gasteiger partial charge in [0, 0.05) is 11.7 Å². The van der Waals surface area contributed by atoms with Crippen LogP contribution in [0.15, 0.2) is 18.2 Å². The van der Waals surface area contributed by atoms with E-state index in [0.29, 0.717) is 6.04 Å². The zero-order valence-electron chi connectivity index (χ0n) is 10.9. The zero-order chi connectivity index (χ0) is 12.3. The number of H-pyrrole nitrogens is 1. The van der Waals surface area contributed by atoms with Gasteiger partial charge in [0.2, 0.25) is 0 Å². The van der Waals surface area contributed by atoms with Crippen LogP contribution in [0.1, 0.15) is 38.9 Å². The normalized spacial score (nSPS) is 12.9. The molecule has 3 nitrogen and oxygen atoms in total. The first-order valence-corrected chi connectivity index (χ1v) is 6.42. The molecule has 0 aliphatic carbocycles. The fourth-order valence-corrected chi connectivity index (χ4v) is 2.09. The van der Waals surface area contributed by atoms with E-state index < -0.39 is 0 Å². The number of benzene rings is 1. The molecule has 1 aromatic carbocycles. The third-order valence-corrected chi connectivity index (χ3v) is 3.00. The van der Waals surface area contributed by atoms with Crippen LogP contribution >= 0.6 is 0 Å². The van der Waals surface area contributed by atoms with E-state index in [4.69, 9.17) is 0 Å². The summed E-state index contributed by atoms with van der Waals surface area (Å²) < 4.78 is 0. The Morgan fingerprint density at radius 2 is 2.24 bits per heavy atom. The van der Waals surface area contributed by atoms with Gasteiger partial charge in [-0.05, 0) is 38.5 Å². The minimum absolute atomic E-state index is 0.524. The van der Waals surface area contributed by atoms with Gasteiger partial charge in [0.25, 0.3) is 0 Å². The molecular formula is C14H21N3. The largest absolute Gasteiger partial charge is 0.383 e. The van der Waals surface area contributed by atoms with Crippen LogP contribution in [0.4, 0.5) is 5.69 Å². The Morgan fingerprint density at radius 3 is 3.00 bits per heavy atom. The van der Waals surface area contributed by atoms with Crippen LogP contribution in [-0.4, -0.2) is 16.0 Å². The number of nitrogens with one attached hydrogen (secondary N) is 2. The second-order valence-electron chi connectivity index (χ2n) is 4.74. The molecule has 2 aromatic rings. The Morgan fingerprint density at radius 1 is 1.41 bits per heavy atom. The molecule has 17 heavy (non-hydrogen) atoms. The maximum Gasteiger partial charge on any atom is 0.104 e. The molecule has 1 heterocycles. The molecule has 0 aliphatic rings. The fourth-order valence-electron chi connectivity index (χ4n) is 2.09. The molecule has 0 amide bonds. The van der Waals surface area contributed by atoms with Gasteiger partial charge in [0.05, 0.1) is 11.0 Å². The number of aromatic nitrogens is 2. The van der Waals surface area contributed by atoms with Gasteiger partial charge in [-0.15, -0.1) is 0 Å². The highest BCUT2D eigenvalue weighted by Crippen LogP contribution is 2.18. The van der Waals surface area contributed by atoms with Crippen molar-refractivity contribution in [2.24, 2.45) is 0 Å². The van der Waals surface area contributed by atoms with Gasteiger partial charge in [0.15, 0.2) is 0 Å². The number of hydrogen-bond acceptors (Lipinski definition) is 2. The molecule has 0 saturated heterocycles. The molecule has 0 saturated carbocycles. The summed E-state index contributed by atoms with van der Waals surface area (Å²) in [5.74, 6) is 0.969. The number of aryl methyl sites for hydroxylation is 1. The molecule has 1 atom stereocenters. The van der Waals surface area contributed by atoms with E-state index in [1.807, 2.05) is 6.92 Å². The Kier molecular flexibility index (Phi) is 3.67. The first-order chi connectivity index (χ1) is 8.19. The molecule has 0 bridgehead atoms. The van der Waals surface area contributed by atoms with Gasteiger partial charge in [-0.25, -0.2) is 4.98 Å². The molecule has 1 aromatic heterocycles. The van der Waals surface area contributed by atoms with Crippen LogP contribution in [0.3, 0.4) is 0 Å². The molecule has 0 radical (unpaired) electrons. The van der Waals surface area contributed by atoms with Crippen LogP contribution in [0, 0.1) is 6.92 Å². The van der Waals surface area contributed by atoms with Crippen LogP contribution in [0.25, 0.3) is 11.0 Å². The van der Waals surface area contributed by atoms with Crippen molar-refractivity contribution in [2.45, 2.75) is 46.1 Å². The topological polar surface area (TPSA) is 40.7 Å². The van der Waals surface area contributed by atoms with Crippen LogP contribution in [0.5, 0.6) is 0 Å². The van der Waals surface area contributed by atoms with Gasteiger partial charge >= 0.3 is 0 Å². The van der Waals surface area contributed by atoms with Crippen molar-refractivity contribution < 1.29 is 0 Å². The first-order valence-electron chi connectivity index (χ1n) is 6.42. The van der Waals surface area contributed by atoms with E-state index >= 15 is 0 Å². The molecular weight excluding hydrogens is 210 g/mol. The molecule has 0 aliphatic heterocycles. The van der Waals surface area contributed by atoms with E-state index in [9.17, 15) is 0 Å². The lowest BCUT2D eigenvalue weighted by atomic mass is 10.1. The van der Waals surface area contributed by atoms with E-state index in [0.717, 1.165) is 16.9 Å². The molecule has 0 spiro atoms. The lowest BCUT2D eigenvalue weighted by Crippen LogP contribution is -2.14. The van der Waals surface area contributed by atoms with Crippen LogP contribution in [0.2, 0.25) is 0 Å². The van der Waals surface area contributed by atoms with Crippen molar-refractivity contribution in [1.82, 2.24) is 9.97 Å². The number of rotatable bonds is 5. The number of fused-ring (bicyclic) bond motifs is 1. The van der Waals surface area contributed by atoms with E-state index in [-0.39, 0.29) is 0 Å². The summed E-state index contributed by atoms with van der Waals surface area (Å²) >= 11 is 0. The number of nitrogens with zero attached hydrogens (tertiary/aromatic N) is 1. The molecule has 1 unspecified atom stereocenters. The Bertz CT molecular complexity index is 487. The lowest BCUT2D eigenvalue weighted by Gasteiger charge is -2.14. The van der Waals surface area contributed by atoms with Gasteiger partial charge in [-0.3, -0.25) is 0 Å². The average molecular weight is 231 g/mol. The van der Waals surface area contributed by atoms with Gasteiger partial charge in [-0.2, -0.15) is 0 Å². The van der Waals surface area contributed by atoms with Crippen molar-refractivity contribution in [2.75, 3.05) is 5.32 Å². The van der Waals surface area contributed by atoms with Crippen molar-refractivity contribution in [3.05, 3.63) is 24.0 Å².